The summed E-state index contributed by atoms with van der Waals surface area (Å²) >= 11 is 10.00. The molecule has 0 unspecified atom stereocenters. The number of carbonyl (C=O) groups is 3. The summed E-state index contributed by atoms with van der Waals surface area (Å²) in [5.74, 6) is -0.157. The van der Waals surface area contributed by atoms with Gasteiger partial charge in [-0.1, -0.05) is 17.7 Å². The minimum absolute atomic E-state index is 0.265. The van der Waals surface area contributed by atoms with Crippen molar-refractivity contribution < 1.29 is 19.1 Å². The minimum atomic E-state index is -0.487. The fourth-order valence-electron chi connectivity index (χ4n) is 2.43. The van der Waals surface area contributed by atoms with Gasteiger partial charge in [0.1, 0.15) is 5.75 Å². The predicted octanol–water partition coefficient (Wildman–Crippen LogP) is 5.03. The van der Waals surface area contributed by atoms with Crippen molar-refractivity contribution in [3.8, 4) is 5.75 Å². The van der Waals surface area contributed by atoms with Crippen molar-refractivity contribution in [2.45, 2.75) is 0 Å². The molecule has 0 N–H and O–H groups in total. The van der Waals surface area contributed by atoms with Gasteiger partial charge in [0, 0.05) is 10.6 Å². The van der Waals surface area contributed by atoms with Crippen LogP contribution in [0.1, 0.15) is 15.9 Å². The summed E-state index contributed by atoms with van der Waals surface area (Å²) in [5, 5.41) is 0.0347. The smallest absolute Gasteiger partial charge is 0.293 e. The van der Waals surface area contributed by atoms with Crippen LogP contribution in [0.4, 0.5) is 4.79 Å². The first-order chi connectivity index (χ1) is 12.9. The molecular formula is C19H13BrClNO4S. The van der Waals surface area contributed by atoms with Gasteiger partial charge in [-0.05, 0) is 75.7 Å². The van der Waals surface area contributed by atoms with Gasteiger partial charge in [-0.15, -0.1) is 0 Å². The average Bonchev–Trinajstić information content (AvgIpc) is 2.90. The summed E-state index contributed by atoms with van der Waals surface area (Å²) in [5.41, 5.74) is 1.12. The number of ether oxygens (including phenoxy) is 1. The third kappa shape index (κ3) is 4.43. The Morgan fingerprint density at radius 2 is 1.93 bits per heavy atom. The number of carbonyl (C=O) groups excluding carboxylic acids is 3. The maximum atomic E-state index is 12.6. The molecule has 0 radical (unpaired) electrons. The molecular weight excluding hydrogens is 454 g/mol. The third-order valence-corrected chi connectivity index (χ3v) is 5.59. The van der Waals surface area contributed by atoms with Crippen molar-refractivity contribution in [2.24, 2.45) is 0 Å². The van der Waals surface area contributed by atoms with E-state index in [2.05, 4.69) is 15.9 Å². The number of Topliss-reactive ketones (excluding diaryl/α,β-unsaturated/α-hetero) is 1. The van der Waals surface area contributed by atoms with Crippen molar-refractivity contribution in [1.82, 2.24) is 4.90 Å². The largest absolute Gasteiger partial charge is 0.496 e. The van der Waals surface area contributed by atoms with Gasteiger partial charge in [-0.3, -0.25) is 19.3 Å². The Balaban J connectivity index is 1.77. The second-order valence-electron chi connectivity index (χ2n) is 5.59. The van der Waals surface area contributed by atoms with Crippen LogP contribution in [0, 0.1) is 0 Å². The lowest BCUT2D eigenvalue weighted by Gasteiger charge is -2.11. The Bertz CT molecular complexity index is 959. The van der Waals surface area contributed by atoms with E-state index in [9.17, 15) is 14.4 Å². The fourth-order valence-corrected chi connectivity index (χ4v) is 3.95. The van der Waals surface area contributed by atoms with Gasteiger partial charge in [-0.2, -0.15) is 0 Å². The van der Waals surface area contributed by atoms with Crippen molar-refractivity contribution in [2.75, 3.05) is 13.7 Å². The van der Waals surface area contributed by atoms with E-state index in [1.165, 1.54) is 0 Å². The molecule has 1 heterocycles. The minimum Gasteiger partial charge on any atom is -0.496 e. The van der Waals surface area contributed by atoms with E-state index in [1.54, 1.807) is 55.7 Å². The van der Waals surface area contributed by atoms with Gasteiger partial charge >= 0.3 is 0 Å². The van der Waals surface area contributed by atoms with Gasteiger partial charge in [-0.25, -0.2) is 0 Å². The van der Waals surface area contributed by atoms with Crippen LogP contribution in [-0.4, -0.2) is 35.5 Å². The van der Waals surface area contributed by atoms with E-state index in [4.69, 9.17) is 16.3 Å². The molecule has 1 saturated heterocycles. The molecule has 0 aliphatic carbocycles. The maximum Gasteiger partial charge on any atom is 0.293 e. The van der Waals surface area contributed by atoms with E-state index in [0.29, 0.717) is 16.3 Å². The molecule has 0 saturated carbocycles. The van der Waals surface area contributed by atoms with Crippen molar-refractivity contribution >= 4 is 62.3 Å². The summed E-state index contributed by atoms with van der Waals surface area (Å²) in [6.45, 7) is -0.310. The van der Waals surface area contributed by atoms with Crippen LogP contribution in [0.25, 0.3) is 6.08 Å². The monoisotopic (exact) mass is 465 g/mol. The van der Waals surface area contributed by atoms with Crippen molar-refractivity contribution in [1.29, 1.82) is 0 Å². The van der Waals surface area contributed by atoms with E-state index in [0.717, 1.165) is 26.7 Å². The van der Waals surface area contributed by atoms with Crippen LogP contribution in [-0.2, 0) is 4.79 Å². The van der Waals surface area contributed by atoms with Crippen molar-refractivity contribution in [3.63, 3.8) is 0 Å². The first-order valence-corrected chi connectivity index (χ1v) is 9.75. The highest BCUT2D eigenvalue weighted by Gasteiger charge is 2.36. The van der Waals surface area contributed by atoms with Crippen molar-refractivity contribution in [3.05, 3.63) is 68.0 Å². The third-order valence-electron chi connectivity index (χ3n) is 3.82. The highest BCUT2D eigenvalue weighted by atomic mass is 79.9. The van der Waals surface area contributed by atoms with Gasteiger partial charge in [0.25, 0.3) is 11.1 Å². The number of benzene rings is 2. The van der Waals surface area contributed by atoms with Crippen LogP contribution in [0.3, 0.4) is 0 Å². The van der Waals surface area contributed by atoms with Crippen LogP contribution in [0.5, 0.6) is 5.75 Å². The zero-order chi connectivity index (χ0) is 19.6. The summed E-state index contributed by atoms with van der Waals surface area (Å²) < 4.78 is 5.90. The molecule has 1 aliphatic heterocycles. The quantitative estimate of drug-likeness (QED) is 0.457. The highest BCUT2D eigenvalue weighted by molar-refractivity contribution is 9.10. The Morgan fingerprint density at radius 1 is 1.22 bits per heavy atom. The number of methoxy groups -OCH3 is 1. The predicted molar refractivity (Wildman–Crippen MR) is 109 cm³/mol. The average molecular weight is 467 g/mol. The lowest BCUT2D eigenvalue weighted by atomic mass is 10.1. The normalized spacial score (nSPS) is 15.5. The number of imide groups is 1. The van der Waals surface area contributed by atoms with Crippen LogP contribution in [0.15, 0.2) is 51.8 Å². The molecule has 2 amide bonds. The van der Waals surface area contributed by atoms with Crippen LogP contribution < -0.4 is 4.74 Å². The number of nitrogens with zero attached hydrogens (tertiary/aromatic N) is 1. The lowest BCUT2D eigenvalue weighted by Crippen LogP contribution is -2.33. The lowest BCUT2D eigenvalue weighted by molar-refractivity contribution is -0.122. The SMILES string of the molecule is COc1ccc(C=C2SC(=O)N(CC(=O)c3ccc(Cl)cc3)C2=O)cc1Br. The summed E-state index contributed by atoms with van der Waals surface area (Å²) in [6.07, 6.45) is 1.61. The fraction of sp³-hybridized carbons (Fsp3) is 0.105. The topological polar surface area (TPSA) is 63.7 Å². The highest BCUT2D eigenvalue weighted by Crippen LogP contribution is 2.34. The Hall–Kier alpha value is -2.09. The molecule has 2 aromatic carbocycles. The molecule has 2 aromatic rings. The number of rotatable bonds is 5. The Labute approximate surface area is 173 Å². The molecule has 3 rings (SSSR count). The number of hydrogen-bond donors (Lipinski definition) is 0. The molecule has 1 fully saturated rings. The number of halogens is 2. The van der Waals surface area contributed by atoms with Gasteiger partial charge in [0.15, 0.2) is 5.78 Å². The van der Waals surface area contributed by atoms with Gasteiger partial charge in [0.2, 0.25) is 0 Å². The molecule has 1 aliphatic rings. The van der Waals surface area contributed by atoms with Crippen LogP contribution in [0.2, 0.25) is 5.02 Å². The van der Waals surface area contributed by atoms with E-state index in [-0.39, 0.29) is 17.2 Å². The molecule has 0 atom stereocenters. The standard InChI is InChI=1S/C19H13BrClNO4S/c1-26-16-7-2-11(8-14(16)20)9-17-18(24)22(19(25)27-17)10-15(23)12-3-5-13(21)6-4-12/h2-9H,10H2,1H3. The summed E-state index contributed by atoms with van der Waals surface area (Å²) in [7, 11) is 1.56. The molecule has 27 heavy (non-hydrogen) atoms. The number of hydrogen-bond acceptors (Lipinski definition) is 5. The zero-order valence-electron chi connectivity index (χ0n) is 14.1. The first-order valence-electron chi connectivity index (χ1n) is 7.76. The Morgan fingerprint density at radius 3 is 2.56 bits per heavy atom. The molecule has 5 nitrogen and oxygen atoms in total. The first kappa shape index (κ1) is 19.7. The zero-order valence-corrected chi connectivity index (χ0v) is 17.2. The van der Waals surface area contributed by atoms with E-state index >= 15 is 0 Å². The van der Waals surface area contributed by atoms with E-state index in [1.807, 2.05) is 0 Å². The van der Waals surface area contributed by atoms with Gasteiger partial charge in [0.05, 0.1) is 23.0 Å². The molecule has 0 aromatic heterocycles. The van der Waals surface area contributed by atoms with Gasteiger partial charge < -0.3 is 4.74 Å². The molecule has 0 bridgehead atoms. The maximum absolute atomic E-state index is 12.6. The van der Waals surface area contributed by atoms with E-state index < -0.39 is 11.1 Å². The summed E-state index contributed by atoms with van der Waals surface area (Å²) in [6, 6.07) is 11.6. The summed E-state index contributed by atoms with van der Waals surface area (Å²) in [4.78, 5) is 38.3. The molecule has 138 valence electrons. The number of amides is 2. The number of ketones is 1. The number of thioether (sulfide) groups is 1. The second kappa shape index (κ2) is 8.29. The molecule has 8 heteroatoms. The molecule has 0 spiro atoms. The second-order valence-corrected chi connectivity index (χ2v) is 7.88. The Kier molecular flexibility index (Phi) is 6.04. The van der Waals surface area contributed by atoms with Crippen LogP contribution >= 0.6 is 39.3 Å².